The first-order chi connectivity index (χ1) is 11.0. The summed E-state index contributed by atoms with van der Waals surface area (Å²) in [6.07, 6.45) is 0. The molecule has 1 aliphatic rings. The number of carbonyl (C=O) groups excluding carboxylic acids is 1. The highest BCUT2D eigenvalue weighted by atomic mass is 16.2. The molecule has 0 saturated carbocycles. The van der Waals surface area contributed by atoms with Gasteiger partial charge >= 0.3 is 6.03 Å². The topological polar surface area (TPSA) is 64.6 Å². The maximum Gasteiger partial charge on any atom is 0.324 e. The molecule has 7 nitrogen and oxygen atoms in total. The van der Waals surface area contributed by atoms with E-state index in [1.165, 1.54) is 0 Å². The molecule has 1 aromatic carbocycles. The first-order valence-corrected chi connectivity index (χ1v) is 7.45. The second-order valence-corrected chi connectivity index (χ2v) is 5.70. The average Bonchev–Trinajstić information content (AvgIpc) is 2.88. The smallest absolute Gasteiger partial charge is 0.324 e. The van der Waals surface area contributed by atoms with Gasteiger partial charge < -0.3 is 15.1 Å². The summed E-state index contributed by atoms with van der Waals surface area (Å²) in [6, 6.07) is 11.5. The summed E-state index contributed by atoms with van der Waals surface area (Å²) in [7, 11) is 5.65. The van der Waals surface area contributed by atoms with Crippen molar-refractivity contribution in [3.05, 3.63) is 36.4 Å². The minimum atomic E-state index is 0.0253. The Hall–Kier alpha value is -2.83. The zero-order valence-electron chi connectivity index (χ0n) is 13.5. The van der Waals surface area contributed by atoms with Crippen LogP contribution in [0.15, 0.2) is 36.4 Å². The summed E-state index contributed by atoms with van der Waals surface area (Å²) < 4.78 is 0. The van der Waals surface area contributed by atoms with Gasteiger partial charge in [0.05, 0.1) is 0 Å². The quantitative estimate of drug-likeness (QED) is 0.937. The van der Waals surface area contributed by atoms with Gasteiger partial charge in [0, 0.05) is 45.6 Å². The predicted octanol–water partition coefficient (Wildman–Crippen LogP) is 2.16. The molecule has 2 amide bonds. The molecule has 23 heavy (non-hydrogen) atoms. The lowest BCUT2D eigenvalue weighted by Crippen LogP contribution is -2.29. The van der Waals surface area contributed by atoms with Crippen LogP contribution in [-0.4, -0.2) is 55.4 Å². The summed E-state index contributed by atoms with van der Waals surface area (Å²) in [5.41, 5.74) is 1.75. The largest absolute Gasteiger partial charge is 0.361 e. The molecule has 1 saturated heterocycles. The molecule has 0 bridgehead atoms. The fraction of sp³-hybridized carbons (Fsp3) is 0.312. The van der Waals surface area contributed by atoms with E-state index in [-0.39, 0.29) is 6.03 Å². The normalized spacial score (nSPS) is 14.3. The fourth-order valence-corrected chi connectivity index (χ4v) is 2.42. The molecule has 0 spiro atoms. The van der Waals surface area contributed by atoms with Crippen molar-refractivity contribution in [3.63, 3.8) is 0 Å². The molecule has 0 aliphatic carbocycles. The number of rotatable bonds is 4. The number of carbonyl (C=O) groups is 1. The lowest BCUT2D eigenvalue weighted by molar-refractivity contribution is 0.229. The standard InChI is InChI=1S/C16H20N6O/c1-20(2)15-8-7-14(18-19-15)17-12-5-4-6-13(11-12)22-10-9-21(3)16(22)23/h4-8,11H,9-10H2,1-3H3,(H,17,18). The van der Waals surface area contributed by atoms with E-state index in [0.717, 1.165) is 23.7 Å². The number of amides is 2. The molecule has 0 unspecified atom stereocenters. The second kappa shape index (κ2) is 6.12. The third kappa shape index (κ3) is 3.18. The van der Waals surface area contributed by atoms with Crippen molar-refractivity contribution >= 4 is 29.0 Å². The van der Waals surface area contributed by atoms with Crippen molar-refractivity contribution < 1.29 is 4.79 Å². The number of nitrogens with one attached hydrogen (secondary N) is 1. The van der Waals surface area contributed by atoms with Crippen molar-refractivity contribution in [1.29, 1.82) is 0 Å². The minimum absolute atomic E-state index is 0.0253. The van der Waals surface area contributed by atoms with Crippen molar-refractivity contribution in [2.24, 2.45) is 0 Å². The monoisotopic (exact) mass is 312 g/mol. The predicted molar refractivity (Wildman–Crippen MR) is 91.5 cm³/mol. The zero-order valence-corrected chi connectivity index (χ0v) is 13.5. The van der Waals surface area contributed by atoms with Gasteiger partial charge in [-0.15, -0.1) is 10.2 Å². The number of hydrogen-bond acceptors (Lipinski definition) is 5. The van der Waals surface area contributed by atoms with Crippen molar-refractivity contribution in [3.8, 4) is 0 Å². The molecule has 1 aromatic heterocycles. The molecule has 0 atom stereocenters. The van der Waals surface area contributed by atoms with E-state index < -0.39 is 0 Å². The first-order valence-electron chi connectivity index (χ1n) is 7.45. The highest BCUT2D eigenvalue weighted by Crippen LogP contribution is 2.24. The molecule has 3 rings (SSSR count). The maximum atomic E-state index is 12.1. The molecule has 1 N–H and O–H groups in total. The van der Waals surface area contributed by atoms with E-state index in [4.69, 9.17) is 0 Å². The Morgan fingerprint density at radius 3 is 2.57 bits per heavy atom. The van der Waals surface area contributed by atoms with Crippen LogP contribution in [0.25, 0.3) is 0 Å². The molecule has 0 radical (unpaired) electrons. The number of urea groups is 1. The van der Waals surface area contributed by atoms with Gasteiger partial charge in [0.25, 0.3) is 0 Å². The number of benzene rings is 1. The van der Waals surface area contributed by atoms with Gasteiger partial charge in [0.1, 0.15) is 0 Å². The van der Waals surface area contributed by atoms with Crippen LogP contribution in [0.4, 0.5) is 27.8 Å². The number of anilines is 4. The molecular formula is C16H20N6O. The fourth-order valence-electron chi connectivity index (χ4n) is 2.42. The van der Waals surface area contributed by atoms with Crippen LogP contribution >= 0.6 is 0 Å². The number of aromatic nitrogens is 2. The number of nitrogens with zero attached hydrogens (tertiary/aromatic N) is 5. The Balaban J connectivity index is 1.76. The van der Waals surface area contributed by atoms with Crippen molar-refractivity contribution in [2.75, 3.05) is 49.3 Å². The van der Waals surface area contributed by atoms with E-state index in [0.29, 0.717) is 12.4 Å². The van der Waals surface area contributed by atoms with Crippen LogP contribution in [0.1, 0.15) is 0 Å². The third-order valence-electron chi connectivity index (χ3n) is 3.76. The van der Waals surface area contributed by atoms with Gasteiger partial charge in [-0.3, -0.25) is 4.90 Å². The SMILES string of the molecule is CN1CCN(c2cccc(Nc3ccc(N(C)C)nn3)c2)C1=O. The zero-order chi connectivity index (χ0) is 16.4. The van der Waals surface area contributed by atoms with E-state index in [2.05, 4.69) is 15.5 Å². The highest BCUT2D eigenvalue weighted by molar-refractivity contribution is 5.94. The minimum Gasteiger partial charge on any atom is -0.361 e. The number of likely N-dealkylation sites (N-methyl/N-ethyl adjacent to an activating group) is 1. The van der Waals surface area contributed by atoms with Gasteiger partial charge in [-0.25, -0.2) is 4.79 Å². The molecule has 1 fully saturated rings. The Bertz CT molecular complexity index is 700. The average molecular weight is 312 g/mol. The lowest BCUT2D eigenvalue weighted by atomic mass is 10.2. The van der Waals surface area contributed by atoms with Crippen LogP contribution in [0.2, 0.25) is 0 Å². The summed E-state index contributed by atoms with van der Waals surface area (Å²) >= 11 is 0. The van der Waals surface area contributed by atoms with E-state index in [1.807, 2.05) is 62.4 Å². The second-order valence-electron chi connectivity index (χ2n) is 5.70. The van der Waals surface area contributed by atoms with Gasteiger partial charge in [-0.05, 0) is 30.3 Å². The first kappa shape index (κ1) is 15.1. The molecule has 120 valence electrons. The van der Waals surface area contributed by atoms with Crippen LogP contribution in [0.5, 0.6) is 0 Å². The van der Waals surface area contributed by atoms with Gasteiger partial charge in [0.15, 0.2) is 11.6 Å². The molecular weight excluding hydrogens is 292 g/mol. The highest BCUT2D eigenvalue weighted by Gasteiger charge is 2.26. The molecule has 2 aromatic rings. The van der Waals surface area contributed by atoms with Crippen molar-refractivity contribution in [2.45, 2.75) is 0 Å². The Morgan fingerprint density at radius 1 is 1.13 bits per heavy atom. The van der Waals surface area contributed by atoms with E-state index in [9.17, 15) is 4.79 Å². The third-order valence-corrected chi connectivity index (χ3v) is 3.76. The van der Waals surface area contributed by atoms with Crippen LogP contribution in [-0.2, 0) is 0 Å². The van der Waals surface area contributed by atoms with Crippen LogP contribution in [0, 0.1) is 0 Å². The van der Waals surface area contributed by atoms with Gasteiger partial charge in [-0.2, -0.15) is 0 Å². The Morgan fingerprint density at radius 2 is 1.96 bits per heavy atom. The Labute approximate surface area is 135 Å². The maximum absolute atomic E-state index is 12.1. The molecule has 7 heteroatoms. The van der Waals surface area contributed by atoms with E-state index >= 15 is 0 Å². The van der Waals surface area contributed by atoms with E-state index in [1.54, 1.807) is 9.80 Å². The van der Waals surface area contributed by atoms with Gasteiger partial charge in [-0.1, -0.05) is 6.07 Å². The van der Waals surface area contributed by atoms with Gasteiger partial charge in [0.2, 0.25) is 0 Å². The number of hydrogen-bond donors (Lipinski definition) is 1. The van der Waals surface area contributed by atoms with Crippen molar-refractivity contribution in [1.82, 2.24) is 15.1 Å². The Kier molecular flexibility index (Phi) is 4.01. The summed E-state index contributed by atoms with van der Waals surface area (Å²) in [5.74, 6) is 1.47. The molecule has 2 heterocycles. The summed E-state index contributed by atoms with van der Waals surface area (Å²) in [5, 5.41) is 11.5. The summed E-state index contributed by atoms with van der Waals surface area (Å²) in [4.78, 5) is 17.5. The molecule has 1 aliphatic heterocycles. The van der Waals surface area contributed by atoms with Crippen LogP contribution < -0.4 is 15.1 Å². The summed E-state index contributed by atoms with van der Waals surface area (Å²) in [6.45, 7) is 1.45. The lowest BCUT2D eigenvalue weighted by Gasteiger charge is -2.17. The van der Waals surface area contributed by atoms with Crippen LogP contribution in [0.3, 0.4) is 0 Å².